The number of hydrogen-bond acceptors (Lipinski definition) is 4. The van der Waals surface area contributed by atoms with Gasteiger partial charge in [-0.2, -0.15) is 5.10 Å². The first-order chi connectivity index (χ1) is 14.5. The summed E-state index contributed by atoms with van der Waals surface area (Å²) in [6.07, 6.45) is 2.32. The summed E-state index contributed by atoms with van der Waals surface area (Å²) in [5.74, 6) is 0.431. The SMILES string of the molecule is COc1ccc(C=NN2CC(=O)N3CCc4c([nH]c5ccccc45)[C@]3(C)C2=O)cc1. The minimum atomic E-state index is -1.10. The summed E-state index contributed by atoms with van der Waals surface area (Å²) >= 11 is 0. The zero-order valence-electron chi connectivity index (χ0n) is 16.9. The number of ether oxygens (including phenoxy) is 1. The summed E-state index contributed by atoms with van der Waals surface area (Å²) in [6, 6.07) is 15.4. The van der Waals surface area contributed by atoms with Crippen molar-refractivity contribution in [2.45, 2.75) is 18.9 Å². The van der Waals surface area contributed by atoms with Crippen molar-refractivity contribution in [3.63, 3.8) is 0 Å². The third-order valence-corrected chi connectivity index (χ3v) is 6.12. The van der Waals surface area contributed by atoms with Crippen LogP contribution >= 0.6 is 0 Å². The number of piperazine rings is 1. The molecule has 0 unspecified atom stereocenters. The van der Waals surface area contributed by atoms with Crippen LogP contribution in [0.5, 0.6) is 5.75 Å². The Hall–Kier alpha value is -3.61. The first-order valence-electron chi connectivity index (χ1n) is 9.93. The molecule has 3 heterocycles. The Balaban J connectivity index is 1.53. The maximum atomic E-state index is 13.6. The highest BCUT2D eigenvalue weighted by Crippen LogP contribution is 2.41. The van der Waals surface area contributed by atoms with Crippen molar-refractivity contribution in [3.05, 3.63) is 65.4 Å². The van der Waals surface area contributed by atoms with Crippen molar-refractivity contribution in [1.82, 2.24) is 14.9 Å². The van der Waals surface area contributed by atoms with Crippen LogP contribution in [0.15, 0.2) is 53.6 Å². The van der Waals surface area contributed by atoms with Crippen LogP contribution in [0.1, 0.15) is 23.7 Å². The molecule has 152 valence electrons. The average Bonchev–Trinajstić information content (AvgIpc) is 3.16. The van der Waals surface area contributed by atoms with Gasteiger partial charge in [0.15, 0.2) is 5.54 Å². The highest BCUT2D eigenvalue weighted by atomic mass is 16.5. The van der Waals surface area contributed by atoms with Crippen LogP contribution in [0.25, 0.3) is 10.9 Å². The number of methoxy groups -OCH3 is 1. The van der Waals surface area contributed by atoms with E-state index in [1.807, 2.05) is 49.4 Å². The Morgan fingerprint density at radius 3 is 2.67 bits per heavy atom. The minimum absolute atomic E-state index is 0.0589. The number of aromatic nitrogens is 1. The van der Waals surface area contributed by atoms with E-state index >= 15 is 0 Å². The number of H-pyrrole nitrogens is 1. The second kappa shape index (κ2) is 6.73. The largest absolute Gasteiger partial charge is 0.497 e. The molecule has 1 N–H and O–H groups in total. The molecule has 7 nitrogen and oxygen atoms in total. The van der Waals surface area contributed by atoms with Gasteiger partial charge in [-0.15, -0.1) is 0 Å². The second-order valence-electron chi connectivity index (χ2n) is 7.77. The van der Waals surface area contributed by atoms with Crippen molar-refractivity contribution in [2.24, 2.45) is 5.10 Å². The molecule has 0 bridgehead atoms. The molecule has 2 aliphatic rings. The quantitative estimate of drug-likeness (QED) is 0.684. The molecule has 1 aromatic heterocycles. The first kappa shape index (κ1) is 18.4. The maximum Gasteiger partial charge on any atom is 0.275 e. The molecule has 2 aromatic carbocycles. The molecule has 30 heavy (non-hydrogen) atoms. The summed E-state index contributed by atoms with van der Waals surface area (Å²) < 4.78 is 5.16. The van der Waals surface area contributed by atoms with E-state index in [2.05, 4.69) is 16.2 Å². The maximum absolute atomic E-state index is 13.6. The highest BCUT2D eigenvalue weighted by molar-refractivity contribution is 6.01. The molecule has 1 fully saturated rings. The normalized spacial score (nSPS) is 21.3. The van der Waals surface area contributed by atoms with Gasteiger partial charge in [0.1, 0.15) is 12.3 Å². The Morgan fingerprint density at radius 1 is 1.13 bits per heavy atom. The molecule has 1 saturated heterocycles. The molecule has 0 radical (unpaired) electrons. The van der Waals surface area contributed by atoms with Crippen LogP contribution in [0.2, 0.25) is 0 Å². The van der Waals surface area contributed by atoms with Crippen molar-refractivity contribution >= 4 is 28.9 Å². The minimum Gasteiger partial charge on any atom is -0.497 e. The number of benzene rings is 2. The fraction of sp³-hybridized carbons (Fsp3) is 0.261. The lowest BCUT2D eigenvalue weighted by atomic mass is 9.83. The van der Waals surface area contributed by atoms with Crippen molar-refractivity contribution in [1.29, 1.82) is 0 Å². The van der Waals surface area contributed by atoms with Crippen LogP contribution in [-0.2, 0) is 21.5 Å². The van der Waals surface area contributed by atoms with Gasteiger partial charge < -0.3 is 14.6 Å². The van der Waals surface area contributed by atoms with Gasteiger partial charge in [-0.25, -0.2) is 5.01 Å². The third-order valence-electron chi connectivity index (χ3n) is 6.12. The van der Waals surface area contributed by atoms with Crippen molar-refractivity contribution < 1.29 is 14.3 Å². The summed E-state index contributed by atoms with van der Waals surface area (Å²) in [7, 11) is 1.61. The third kappa shape index (κ3) is 2.62. The van der Waals surface area contributed by atoms with Crippen LogP contribution in [0, 0.1) is 0 Å². The Bertz CT molecular complexity index is 1180. The topological polar surface area (TPSA) is 78.0 Å². The molecule has 5 rings (SSSR count). The van der Waals surface area contributed by atoms with E-state index in [0.717, 1.165) is 39.9 Å². The molecular weight excluding hydrogens is 380 g/mol. The second-order valence-corrected chi connectivity index (χ2v) is 7.77. The van der Waals surface area contributed by atoms with Gasteiger partial charge in [0.25, 0.3) is 5.91 Å². The van der Waals surface area contributed by atoms with Gasteiger partial charge in [0, 0.05) is 17.4 Å². The fourth-order valence-corrected chi connectivity index (χ4v) is 4.51. The van der Waals surface area contributed by atoms with Crippen LogP contribution < -0.4 is 4.74 Å². The van der Waals surface area contributed by atoms with Crippen LogP contribution in [0.3, 0.4) is 0 Å². The molecule has 3 aromatic rings. The summed E-state index contributed by atoms with van der Waals surface area (Å²) in [6.45, 7) is 2.28. The summed E-state index contributed by atoms with van der Waals surface area (Å²) in [5.41, 5.74) is 2.59. The van der Waals surface area contributed by atoms with Gasteiger partial charge in [0.05, 0.1) is 19.0 Å². The number of fused-ring (bicyclic) bond motifs is 5. The van der Waals surface area contributed by atoms with Crippen LogP contribution in [0.4, 0.5) is 0 Å². The van der Waals surface area contributed by atoms with Crippen molar-refractivity contribution in [2.75, 3.05) is 20.2 Å². The number of hydrogen-bond donors (Lipinski definition) is 1. The van der Waals surface area contributed by atoms with Gasteiger partial charge in [-0.05, 0) is 54.8 Å². The molecule has 0 spiro atoms. The number of para-hydroxylation sites is 1. The van der Waals surface area contributed by atoms with E-state index in [1.165, 1.54) is 5.01 Å². The molecule has 2 amide bonds. The monoisotopic (exact) mass is 402 g/mol. The lowest BCUT2D eigenvalue weighted by Gasteiger charge is -2.48. The number of nitrogens with zero attached hydrogens (tertiary/aromatic N) is 3. The lowest BCUT2D eigenvalue weighted by molar-refractivity contribution is -0.165. The van der Waals surface area contributed by atoms with E-state index in [0.29, 0.717) is 6.54 Å². The molecule has 0 saturated carbocycles. The Morgan fingerprint density at radius 2 is 1.90 bits per heavy atom. The van der Waals surface area contributed by atoms with Gasteiger partial charge >= 0.3 is 0 Å². The predicted molar refractivity (Wildman–Crippen MR) is 113 cm³/mol. The van der Waals surface area contributed by atoms with E-state index in [1.54, 1.807) is 18.2 Å². The van der Waals surface area contributed by atoms with E-state index < -0.39 is 5.54 Å². The van der Waals surface area contributed by atoms with E-state index in [9.17, 15) is 9.59 Å². The van der Waals surface area contributed by atoms with E-state index in [4.69, 9.17) is 4.74 Å². The zero-order chi connectivity index (χ0) is 20.9. The van der Waals surface area contributed by atoms with Gasteiger partial charge in [-0.3, -0.25) is 9.59 Å². The van der Waals surface area contributed by atoms with E-state index in [-0.39, 0.29) is 18.4 Å². The molecule has 2 aliphatic heterocycles. The van der Waals surface area contributed by atoms with Crippen molar-refractivity contribution in [3.8, 4) is 5.75 Å². The Kier molecular flexibility index (Phi) is 4.13. The number of rotatable bonds is 3. The van der Waals surface area contributed by atoms with Crippen LogP contribution in [-0.4, -0.2) is 53.1 Å². The van der Waals surface area contributed by atoms with Gasteiger partial charge in [0.2, 0.25) is 5.91 Å². The van der Waals surface area contributed by atoms with Gasteiger partial charge in [-0.1, -0.05) is 18.2 Å². The molecular formula is C23H22N4O3. The molecule has 1 atom stereocenters. The number of nitrogens with one attached hydrogen (secondary N) is 1. The smallest absolute Gasteiger partial charge is 0.275 e. The highest BCUT2D eigenvalue weighted by Gasteiger charge is 2.54. The predicted octanol–water partition coefficient (Wildman–Crippen LogP) is 2.65. The zero-order valence-corrected chi connectivity index (χ0v) is 16.9. The number of carbonyl (C=O) groups is 2. The number of aromatic amines is 1. The molecule has 0 aliphatic carbocycles. The Labute approximate surface area is 173 Å². The average molecular weight is 402 g/mol. The first-order valence-corrected chi connectivity index (χ1v) is 9.93. The number of hydrazone groups is 1. The summed E-state index contributed by atoms with van der Waals surface area (Å²) in [5, 5.41) is 6.75. The lowest BCUT2D eigenvalue weighted by Crippen LogP contribution is -2.65. The number of amides is 2. The number of carbonyl (C=O) groups excluding carboxylic acids is 2. The summed E-state index contributed by atoms with van der Waals surface area (Å²) in [4.78, 5) is 31.6. The fourth-order valence-electron chi connectivity index (χ4n) is 4.51. The standard InChI is InChI=1S/C23H22N4O3/c1-23-21-18(17-5-3-4-6-19(17)25-21)11-12-26(23)20(28)14-27(22(23)29)24-13-15-7-9-16(30-2)10-8-15/h3-10,13,25H,11-12,14H2,1-2H3/t23-/m1/s1. The molecule has 7 heteroatoms.